The lowest BCUT2D eigenvalue weighted by atomic mass is 9.95. The first kappa shape index (κ1) is 13.4. The van der Waals surface area contributed by atoms with E-state index in [1.807, 2.05) is 0 Å². The Labute approximate surface area is 117 Å². The predicted octanol–water partition coefficient (Wildman–Crippen LogP) is 4.71. The largest absolute Gasteiger partial charge is 0.478 e. The van der Waals surface area contributed by atoms with Crippen molar-refractivity contribution in [3.05, 3.63) is 59.7 Å². The van der Waals surface area contributed by atoms with Gasteiger partial charge < -0.3 is 5.11 Å². The Hall–Kier alpha value is -2.56. The zero-order valence-corrected chi connectivity index (χ0v) is 10.6. The first-order chi connectivity index (χ1) is 9.88. The third kappa shape index (κ3) is 2.20. The number of alkyl halides is 3. The Morgan fingerprint density at radius 2 is 1.62 bits per heavy atom. The molecule has 0 bridgehead atoms. The molecule has 0 saturated carbocycles. The minimum Gasteiger partial charge on any atom is -0.478 e. The predicted molar refractivity (Wildman–Crippen MR) is 73.4 cm³/mol. The highest BCUT2D eigenvalue weighted by Gasteiger charge is 2.31. The van der Waals surface area contributed by atoms with Crippen LogP contribution in [0.15, 0.2) is 48.5 Å². The van der Waals surface area contributed by atoms with Crippen LogP contribution in [0.3, 0.4) is 0 Å². The molecule has 2 nitrogen and oxygen atoms in total. The van der Waals surface area contributed by atoms with Crippen molar-refractivity contribution in [2.45, 2.75) is 6.18 Å². The van der Waals surface area contributed by atoms with Crippen LogP contribution >= 0.6 is 0 Å². The summed E-state index contributed by atoms with van der Waals surface area (Å²) in [6.45, 7) is 0. The number of fused-ring (bicyclic) bond motifs is 3. The zero-order chi connectivity index (χ0) is 15.2. The molecular formula is C16H9F3O2. The number of rotatable bonds is 1. The number of halogens is 3. The van der Waals surface area contributed by atoms with Crippen LogP contribution in [0.1, 0.15) is 15.9 Å². The Balaban J connectivity index is 2.47. The first-order valence-corrected chi connectivity index (χ1v) is 6.14. The van der Waals surface area contributed by atoms with Crippen molar-refractivity contribution in [2.24, 2.45) is 0 Å². The van der Waals surface area contributed by atoms with Gasteiger partial charge in [0.05, 0.1) is 11.1 Å². The second-order valence-electron chi connectivity index (χ2n) is 4.71. The van der Waals surface area contributed by atoms with Crippen LogP contribution in [0, 0.1) is 0 Å². The van der Waals surface area contributed by atoms with Crippen LogP contribution in [-0.4, -0.2) is 11.1 Å². The van der Waals surface area contributed by atoms with Gasteiger partial charge >= 0.3 is 12.1 Å². The molecule has 106 valence electrons. The minimum absolute atomic E-state index is 0.0935. The summed E-state index contributed by atoms with van der Waals surface area (Å²) in [5.74, 6) is -1.25. The molecule has 1 N–H and O–H groups in total. The van der Waals surface area contributed by atoms with Crippen LogP contribution in [0.4, 0.5) is 13.2 Å². The van der Waals surface area contributed by atoms with E-state index in [9.17, 15) is 23.1 Å². The normalized spacial score (nSPS) is 12.0. The summed E-state index contributed by atoms with van der Waals surface area (Å²) in [4.78, 5) is 11.3. The summed E-state index contributed by atoms with van der Waals surface area (Å²) in [5.41, 5.74) is -0.984. The molecule has 0 unspecified atom stereocenters. The number of hydrogen-bond donors (Lipinski definition) is 1. The summed E-state index contributed by atoms with van der Waals surface area (Å²) in [7, 11) is 0. The molecule has 3 aromatic rings. The lowest BCUT2D eigenvalue weighted by molar-refractivity contribution is -0.137. The maximum atomic E-state index is 12.8. The third-order valence-electron chi connectivity index (χ3n) is 3.42. The van der Waals surface area contributed by atoms with Crippen LogP contribution in [0.2, 0.25) is 0 Å². The topological polar surface area (TPSA) is 37.3 Å². The van der Waals surface area contributed by atoms with Gasteiger partial charge in [-0.25, -0.2) is 4.79 Å². The monoisotopic (exact) mass is 290 g/mol. The number of carboxylic acid groups (broad SMARTS) is 1. The molecule has 3 aromatic carbocycles. The van der Waals surface area contributed by atoms with Crippen molar-refractivity contribution in [3.8, 4) is 0 Å². The van der Waals surface area contributed by atoms with Crippen molar-refractivity contribution in [2.75, 3.05) is 0 Å². The van der Waals surface area contributed by atoms with Gasteiger partial charge in [0.2, 0.25) is 0 Å². The molecule has 0 heterocycles. The average Bonchev–Trinajstić information content (AvgIpc) is 2.44. The number of carboxylic acids is 1. The quantitative estimate of drug-likeness (QED) is 0.659. The molecule has 0 fully saturated rings. The molecular weight excluding hydrogens is 281 g/mol. The van der Waals surface area contributed by atoms with E-state index >= 15 is 0 Å². The molecule has 0 aliphatic rings. The molecule has 0 atom stereocenters. The van der Waals surface area contributed by atoms with Crippen LogP contribution in [0.5, 0.6) is 0 Å². The maximum absolute atomic E-state index is 12.8. The second-order valence-corrected chi connectivity index (χ2v) is 4.71. The van der Waals surface area contributed by atoms with Gasteiger partial charge in [0, 0.05) is 0 Å². The van der Waals surface area contributed by atoms with Gasteiger partial charge in [-0.1, -0.05) is 30.3 Å². The molecule has 0 aliphatic heterocycles. The van der Waals surface area contributed by atoms with Gasteiger partial charge in [0.15, 0.2) is 0 Å². The van der Waals surface area contributed by atoms with Crippen LogP contribution < -0.4 is 0 Å². The highest BCUT2D eigenvalue weighted by molar-refractivity contribution is 6.15. The number of hydrogen-bond acceptors (Lipinski definition) is 1. The Bertz CT molecular complexity index is 866. The van der Waals surface area contributed by atoms with Gasteiger partial charge in [-0.2, -0.15) is 13.2 Å². The molecule has 0 saturated heterocycles. The molecule has 5 heteroatoms. The van der Waals surface area contributed by atoms with Crippen molar-refractivity contribution in [1.29, 1.82) is 0 Å². The molecule has 3 rings (SSSR count). The van der Waals surface area contributed by atoms with E-state index in [0.717, 1.165) is 17.5 Å². The van der Waals surface area contributed by atoms with Crippen LogP contribution in [-0.2, 0) is 6.18 Å². The SMILES string of the molecule is O=C(O)c1cc2ccccc2c2ccc(C(F)(F)F)cc12. The van der Waals surface area contributed by atoms with Gasteiger partial charge in [-0.05, 0) is 39.7 Å². The van der Waals surface area contributed by atoms with Gasteiger partial charge in [0.1, 0.15) is 0 Å². The lowest BCUT2D eigenvalue weighted by Crippen LogP contribution is -2.06. The van der Waals surface area contributed by atoms with E-state index in [0.29, 0.717) is 10.8 Å². The second kappa shape index (κ2) is 4.48. The fourth-order valence-electron chi connectivity index (χ4n) is 2.46. The average molecular weight is 290 g/mol. The third-order valence-corrected chi connectivity index (χ3v) is 3.42. The molecule has 21 heavy (non-hydrogen) atoms. The minimum atomic E-state index is -4.50. The summed E-state index contributed by atoms with van der Waals surface area (Å²) in [6.07, 6.45) is -4.50. The fourth-order valence-corrected chi connectivity index (χ4v) is 2.46. The van der Waals surface area contributed by atoms with Crippen molar-refractivity contribution in [1.82, 2.24) is 0 Å². The zero-order valence-electron chi connectivity index (χ0n) is 10.6. The van der Waals surface area contributed by atoms with E-state index in [1.165, 1.54) is 12.1 Å². The summed E-state index contributed by atoms with van der Waals surface area (Å²) < 4.78 is 38.4. The van der Waals surface area contributed by atoms with E-state index in [2.05, 4.69) is 0 Å². The maximum Gasteiger partial charge on any atom is 0.416 e. The Morgan fingerprint density at radius 3 is 2.29 bits per heavy atom. The Kier molecular flexibility index (Phi) is 2.86. The number of carbonyl (C=O) groups is 1. The summed E-state index contributed by atoms with van der Waals surface area (Å²) >= 11 is 0. The smallest absolute Gasteiger partial charge is 0.416 e. The van der Waals surface area contributed by atoms with E-state index < -0.39 is 17.7 Å². The Morgan fingerprint density at radius 1 is 0.905 bits per heavy atom. The first-order valence-electron chi connectivity index (χ1n) is 6.14. The molecule has 0 aliphatic carbocycles. The van der Waals surface area contributed by atoms with Crippen molar-refractivity contribution in [3.63, 3.8) is 0 Å². The summed E-state index contributed by atoms with van der Waals surface area (Å²) in [6, 6.07) is 11.6. The standard InChI is InChI=1S/C16H9F3O2/c17-16(18,19)10-5-6-12-11-4-2-1-3-9(11)7-14(15(20)21)13(12)8-10/h1-8H,(H,20,21). The summed E-state index contributed by atoms with van der Waals surface area (Å²) in [5, 5.41) is 11.3. The molecule has 0 spiro atoms. The number of benzene rings is 3. The van der Waals surface area contributed by atoms with E-state index in [-0.39, 0.29) is 10.9 Å². The highest BCUT2D eigenvalue weighted by Crippen LogP contribution is 2.35. The highest BCUT2D eigenvalue weighted by atomic mass is 19.4. The van der Waals surface area contributed by atoms with Gasteiger partial charge in [-0.15, -0.1) is 0 Å². The fraction of sp³-hybridized carbons (Fsp3) is 0.0625. The van der Waals surface area contributed by atoms with Crippen molar-refractivity contribution >= 4 is 27.5 Å². The van der Waals surface area contributed by atoms with E-state index in [1.54, 1.807) is 24.3 Å². The van der Waals surface area contributed by atoms with Gasteiger partial charge in [-0.3, -0.25) is 0 Å². The number of aromatic carboxylic acids is 1. The van der Waals surface area contributed by atoms with Crippen LogP contribution in [0.25, 0.3) is 21.5 Å². The molecule has 0 radical (unpaired) electrons. The van der Waals surface area contributed by atoms with Crippen molar-refractivity contribution < 1.29 is 23.1 Å². The lowest BCUT2D eigenvalue weighted by Gasteiger charge is -2.11. The molecule has 0 aromatic heterocycles. The van der Waals surface area contributed by atoms with E-state index in [4.69, 9.17) is 0 Å². The van der Waals surface area contributed by atoms with Gasteiger partial charge in [0.25, 0.3) is 0 Å². The molecule has 0 amide bonds.